The molecular weight excluding hydrogens is 300 g/mol. The summed E-state index contributed by atoms with van der Waals surface area (Å²) in [4.78, 5) is 12.5. The smallest absolute Gasteiger partial charge is 0.169 e. The number of carbonyl (C=O) groups excluding carboxylic acids is 1. The van der Waals surface area contributed by atoms with Crippen LogP contribution < -0.4 is 0 Å². The van der Waals surface area contributed by atoms with Crippen molar-refractivity contribution in [3.8, 4) is 22.6 Å². The van der Waals surface area contributed by atoms with Crippen molar-refractivity contribution in [2.75, 3.05) is 0 Å². The van der Waals surface area contributed by atoms with Gasteiger partial charge in [-0.25, -0.2) is 0 Å². The number of ketones is 1. The molecule has 0 aliphatic rings. The Kier molecular flexibility index (Phi) is 6.42. The summed E-state index contributed by atoms with van der Waals surface area (Å²) in [5.74, 6) is 0.145. The summed E-state index contributed by atoms with van der Waals surface area (Å²) in [6.45, 7) is 4.10. The van der Waals surface area contributed by atoms with Gasteiger partial charge in [0, 0.05) is 5.92 Å². The van der Waals surface area contributed by atoms with E-state index in [0.29, 0.717) is 5.56 Å². The van der Waals surface area contributed by atoms with Crippen molar-refractivity contribution in [1.29, 1.82) is 0 Å². The van der Waals surface area contributed by atoms with E-state index >= 15 is 0 Å². The third kappa shape index (κ3) is 4.60. The molecule has 2 aromatic rings. The summed E-state index contributed by atoms with van der Waals surface area (Å²) in [5.41, 5.74) is 2.09. The van der Waals surface area contributed by atoms with Crippen molar-refractivity contribution in [1.82, 2.24) is 0 Å². The van der Waals surface area contributed by atoms with Crippen LogP contribution in [0.3, 0.4) is 0 Å². The van der Waals surface area contributed by atoms with Gasteiger partial charge in [-0.15, -0.1) is 0 Å². The monoisotopic (exact) mass is 326 g/mol. The van der Waals surface area contributed by atoms with Crippen LogP contribution in [-0.2, 0) is 0 Å². The van der Waals surface area contributed by atoms with Crippen LogP contribution in [0.2, 0.25) is 0 Å². The Morgan fingerprint density at radius 2 is 1.62 bits per heavy atom. The van der Waals surface area contributed by atoms with Crippen molar-refractivity contribution in [3.63, 3.8) is 0 Å². The second-order valence-corrected chi connectivity index (χ2v) is 6.39. The highest BCUT2D eigenvalue weighted by Crippen LogP contribution is 2.29. The van der Waals surface area contributed by atoms with E-state index in [9.17, 15) is 15.0 Å². The molecule has 0 saturated heterocycles. The highest BCUT2D eigenvalue weighted by atomic mass is 16.3. The fourth-order valence-corrected chi connectivity index (χ4v) is 2.85. The topological polar surface area (TPSA) is 57.5 Å². The van der Waals surface area contributed by atoms with Crippen LogP contribution in [0.4, 0.5) is 0 Å². The molecular formula is C21H26O3. The molecule has 1 atom stereocenters. The molecule has 0 saturated carbocycles. The molecule has 24 heavy (non-hydrogen) atoms. The van der Waals surface area contributed by atoms with E-state index in [1.807, 2.05) is 13.0 Å². The first kappa shape index (κ1) is 18.1. The van der Waals surface area contributed by atoms with Crippen molar-refractivity contribution in [2.45, 2.75) is 46.0 Å². The number of unbranched alkanes of at least 4 members (excludes halogenated alkanes) is 3. The number of hydrogen-bond donors (Lipinski definition) is 2. The molecule has 0 aliphatic carbocycles. The highest BCUT2D eigenvalue weighted by molar-refractivity contribution is 6.00. The van der Waals surface area contributed by atoms with Crippen LogP contribution in [0.15, 0.2) is 42.5 Å². The van der Waals surface area contributed by atoms with Gasteiger partial charge in [0.15, 0.2) is 5.78 Å². The van der Waals surface area contributed by atoms with Gasteiger partial charge in [0.05, 0.1) is 5.56 Å². The zero-order chi connectivity index (χ0) is 17.5. The minimum atomic E-state index is -0.0766. The second-order valence-electron chi connectivity index (χ2n) is 6.39. The van der Waals surface area contributed by atoms with E-state index in [0.717, 1.165) is 30.4 Å². The summed E-state index contributed by atoms with van der Waals surface area (Å²) in [6, 6.07) is 11.9. The Morgan fingerprint density at radius 1 is 0.958 bits per heavy atom. The van der Waals surface area contributed by atoms with Crippen LogP contribution in [0.5, 0.6) is 11.5 Å². The predicted molar refractivity (Wildman–Crippen MR) is 97.5 cm³/mol. The molecule has 3 heteroatoms. The van der Waals surface area contributed by atoms with E-state index in [1.54, 1.807) is 36.4 Å². The van der Waals surface area contributed by atoms with Crippen molar-refractivity contribution >= 4 is 5.78 Å². The average Bonchev–Trinajstić information content (AvgIpc) is 2.58. The zero-order valence-electron chi connectivity index (χ0n) is 14.5. The number of aromatic hydroxyl groups is 2. The van der Waals surface area contributed by atoms with Gasteiger partial charge in [-0.3, -0.25) is 4.79 Å². The largest absolute Gasteiger partial charge is 0.508 e. The Bertz CT molecular complexity index is 674. The summed E-state index contributed by atoms with van der Waals surface area (Å²) < 4.78 is 0. The minimum Gasteiger partial charge on any atom is -0.508 e. The third-order valence-electron chi connectivity index (χ3n) is 4.40. The zero-order valence-corrected chi connectivity index (χ0v) is 14.5. The first-order valence-electron chi connectivity index (χ1n) is 8.69. The lowest BCUT2D eigenvalue weighted by Gasteiger charge is -2.12. The molecule has 0 unspecified atom stereocenters. The lowest BCUT2D eigenvalue weighted by Crippen LogP contribution is -2.11. The quantitative estimate of drug-likeness (QED) is 0.493. The number of phenols is 2. The van der Waals surface area contributed by atoms with Crippen LogP contribution in [0.25, 0.3) is 11.1 Å². The fourth-order valence-electron chi connectivity index (χ4n) is 2.85. The van der Waals surface area contributed by atoms with Gasteiger partial charge in [0.2, 0.25) is 0 Å². The number of carbonyl (C=O) groups is 1. The van der Waals surface area contributed by atoms with Gasteiger partial charge in [0.1, 0.15) is 11.5 Å². The van der Waals surface area contributed by atoms with E-state index in [-0.39, 0.29) is 23.2 Å². The van der Waals surface area contributed by atoms with Gasteiger partial charge < -0.3 is 10.2 Å². The summed E-state index contributed by atoms with van der Waals surface area (Å²) >= 11 is 0. The molecule has 0 spiro atoms. The van der Waals surface area contributed by atoms with Gasteiger partial charge in [-0.2, -0.15) is 0 Å². The Hall–Kier alpha value is -2.29. The molecule has 0 bridgehead atoms. The summed E-state index contributed by atoms with van der Waals surface area (Å²) in [6.07, 6.45) is 5.44. The molecule has 0 fully saturated rings. The van der Waals surface area contributed by atoms with Gasteiger partial charge in [0.25, 0.3) is 0 Å². The first-order valence-corrected chi connectivity index (χ1v) is 8.69. The second kappa shape index (κ2) is 8.53. The maximum atomic E-state index is 12.5. The summed E-state index contributed by atoms with van der Waals surface area (Å²) in [7, 11) is 0. The van der Waals surface area contributed by atoms with Gasteiger partial charge >= 0.3 is 0 Å². The molecule has 2 rings (SSSR count). The lowest BCUT2D eigenvalue weighted by molar-refractivity contribution is 0.0919. The average molecular weight is 326 g/mol. The molecule has 0 aliphatic heterocycles. The molecule has 0 aromatic heterocycles. The number of Topliss-reactive ketones (excluding diaryl/α,β-unsaturated/α-hetero) is 1. The number of hydrogen-bond acceptors (Lipinski definition) is 3. The molecule has 0 amide bonds. The lowest BCUT2D eigenvalue weighted by atomic mass is 9.92. The van der Waals surface area contributed by atoms with Crippen LogP contribution in [0, 0.1) is 5.92 Å². The molecule has 2 N–H and O–H groups in total. The van der Waals surface area contributed by atoms with Crippen molar-refractivity contribution in [2.24, 2.45) is 5.92 Å². The SMILES string of the molecule is CCCCCC[C@H](C)C(=O)c1ccc(-c2ccc(O)cc2)cc1O. The molecule has 3 nitrogen and oxygen atoms in total. The highest BCUT2D eigenvalue weighted by Gasteiger charge is 2.18. The van der Waals surface area contributed by atoms with Gasteiger partial charge in [-0.05, 0) is 41.8 Å². The Balaban J connectivity index is 2.08. The van der Waals surface area contributed by atoms with E-state index in [1.165, 1.54) is 12.8 Å². The summed E-state index contributed by atoms with van der Waals surface area (Å²) in [5, 5.41) is 19.6. The molecule has 0 heterocycles. The normalized spacial score (nSPS) is 12.1. The maximum absolute atomic E-state index is 12.5. The number of phenolic OH excluding ortho intramolecular Hbond substituents is 2. The van der Waals surface area contributed by atoms with Crippen molar-refractivity contribution in [3.05, 3.63) is 48.0 Å². The third-order valence-corrected chi connectivity index (χ3v) is 4.40. The standard InChI is InChI=1S/C21H26O3/c1-3-4-5-6-7-15(2)21(24)19-13-10-17(14-20(19)23)16-8-11-18(22)12-9-16/h8-15,22-23H,3-7H2,1-2H3/t15-/m0/s1. The van der Waals surface area contributed by atoms with E-state index in [2.05, 4.69) is 6.92 Å². The molecule has 0 radical (unpaired) electrons. The maximum Gasteiger partial charge on any atom is 0.169 e. The molecule has 128 valence electrons. The van der Waals surface area contributed by atoms with Crippen LogP contribution in [0.1, 0.15) is 56.3 Å². The fraction of sp³-hybridized carbons (Fsp3) is 0.381. The van der Waals surface area contributed by atoms with Crippen LogP contribution >= 0.6 is 0 Å². The molecule has 2 aromatic carbocycles. The van der Waals surface area contributed by atoms with E-state index < -0.39 is 0 Å². The number of rotatable bonds is 8. The van der Waals surface area contributed by atoms with Gasteiger partial charge in [-0.1, -0.05) is 57.7 Å². The Morgan fingerprint density at radius 3 is 2.25 bits per heavy atom. The Labute approximate surface area is 144 Å². The van der Waals surface area contributed by atoms with E-state index in [4.69, 9.17) is 0 Å². The van der Waals surface area contributed by atoms with Crippen molar-refractivity contribution < 1.29 is 15.0 Å². The predicted octanol–water partition coefficient (Wildman–Crippen LogP) is 5.55. The number of benzene rings is 2. The minimum absolute atomic E-state index is 0.00116. The van der Waals surface area contributed by atoms with Crippen LogP contribution in [-0.4, -0.2) is 16.0 Å². The first-order chi connectivity index (χ1) is 11.5.